The summed E-state index contributed by atoms with van der Waals surface area (Å²) < 4.78 is 1.19. The fraction of sp³-hybridized carbons (Fsp3) is 0.167. The molecule has 3 heterocycles. The number of thiophene rings is 1. The molecule has 86 valence electrons. The van der Waals surface area contributed by atoms with Gasteiger partial charge in [-0.25, -0.2) is 4.98 Å². The Morgan fingerprint density at radius 1 is 1.35 bits per heavy atom. The molecule has 1 atom stereocenters. The number of hydrogen-bond donors (Lipinski definition) is 1. The fourth-order valence-corrected chi connectivity index (χ4v) is 3.28. The Bertz CT molecular complexity index is 654. The highest BCUT2D eigenvalue weighted by Gasteiger charge is 2.09. The molecular weight excluding hydrogens is 250 g/mol. The highest BCUT2D eigenvalue weighted by Crippen LogP contribution is 2.29. The maximum absolute atomic E-state index is 5.81. The number of aromatic nitrogens is 2. The predicted molar refractivity (Wildman–Crippen MR) is 73.3 cm³/mol. The summed E-state index contributed by atoms with van der Waals surface area (Å²) in [6.07, 6.45) is 1.87. The number of hydrogen-bond acceptors (Lipinski definition) is 5. The molecule has 17 heavy (non-hydrogen) atoms. The Balaban J connectivity index is 2.06. The van der Waals surface area contributed by atoms with Gasteiger partial charge in [0.25, 0.3) is 0 Å². The first kappa shape index (κ1) is 10.8. The molecule has 0 spiro atoms. The van der Waals surface area contributed by atoms with Gasteiger partial charge in [0, 0.05) is 23.2 Å². The van der Waals surface area contributed by atoms with Crippen molar-refractivity contribution < 1.29 is 0 Å². The van der Waals surface area contributed by atoms with Gasteiger partial charge < -0.3 is 5.73 Å². The smallest absolute Gasteiger partial charge is 0.125 e. The van der Waals surface area contributed by atoms with Crippen LogP contribution >= 0.6 is 22.7 Å². The van der Waals surface area contributed by atoms with Gasteiger partial charge in [-0.1, -0.05) is 0 Å². The van der Waals surface area contributed by atoms with Gasteiger partial charge in [0.05, 0.1) is 15.9 Å². The third-order valence-corrected chi connectivity index (χ3v) is 4.30. The molecule has 0 saturated carbocycles. The van der Waals surface area contributed by atoms with Gasteiger partial charge in [0.1, 0.15) is 5.01 Å². The molecule has 0 saturated heterocycles. The zero-order valence-electron chi connectivity index (χ0n) is 9.25. The first-order chi connectivity index (χ1) is 8.24. The highest BCUT2D eigenvalue weighted by molar-refractivity contribution is 7.17. The highest BCUT2D eigenvalue weighted by atomic mass is 32.1. The Labute approximate surface area is 107 Å². The van der Waals surface area contributed by atoms with E-state index in [4.69, 9.17) is 5.73 Å². The van der Waals surface area contributed by atoms with Crippen LogP contribution in [0.2, 0.25) is 0 Å². The molecule has 0 amide bonds. The van der Waals surface area contributed by atoms with E-state index in [0.29, 0.717) is 0 Å². The third-order valence-electron chi connectivity index (χ3n) is 2.54. The maximum Gasteiger partial charge on any atom is 0.125 e. The van der Waals surface area contributed by atoms with Gasteiger partial charge >= 0.3 is 0 Å². The molecule has 0 aliphatic carbocycles. The van der Waals surface area contributed by atoms with Crippen LogP contribution in [0.25, 0.3) is 20.8 Å². The van der Waals surface area contributed by atoms with E-state index in [1.54, 1.807) is 22.7 Å². The van der Waals surface area contributed by atoms with Crippen molar-refractivity contribution in [3.8, 4) is 10.6 Å². The van der Waals surface area contributed by atoms with Crippen LogP contribution in [0.5, 0.6) is 0 Å². The van der Waals surface area contributed by atoms with Crippen molar-refractivity contribution in [2.45, 2.75) is 13.0 Å². The largest absolute Gasteiger partial charge is 0.323 e. The minimum atomic E-state index is -0.0153. The molecule has 0 bridgehead atoms. The van der Waals surface area contributed by atoms with Crippen LogP contribution in [0.15, 0.2) is 29.1 Å². The summed E-state index contributed by atoms with van der Waals surface area (Å²) in [5.41, 5.74) is 8.86. The quantitative estimate of drug-likeness (QED) is 0.768. The topological polar surface area (TPSA) is 51.8 Å². The predicted octanol–water partition coefficient (Wildman–Crippen LogP) is 3.44. The number of rotatable bonds is 2. The number of thiazole rings is 1. The lowest BCUT2D eigenvalue weighted by molar-refractivity contribution is 0.790. The van der Waals surface area contributed by atoms with E-state index in [1.807, 2.05) is 24.6 Å². The van der Waals surface area contributed by atoms with Crippen LogP contribution < -0.4 is 5.73 Å². The van der Waals surface area contributed by atoms with Crippen LogP contribution in [0.1, 0.15) is 18.7 Å². The second kappa shape index (κ2) is 4.18. The van der Waals surface area contributed by atoms with Crippen molar-refractivity contribution in [2.24, 2.45) is 5.73 Å². The van der Waals surface area contributed by atoms with E-state index in [1.165, 1.54) is 4.70 Å². The standard InChI is InChI=1S/C12H11N3S2/c1-7(13)10-6-17-12(15-10)8-4-11-9(14-5-8)2-3-16-11/h2-7H,13H2,1H3. The Hall–Kier alpha value is -1.30. The van der Waals surface area contributed by atoms with Crippen LogP contribution in [0.4, 0.5) is 0 Å². The van der Waals surface area contributed by atoms with Crippen LogP contribution in [0, 0.1) is 0 Å². The van der Waals surface area contributed by atoms with Gasteiger partial charge in [-0.2, -0.15) is 0 Å². The molecule has 0 aliphatic rings. The summed E-state index contributed by atoms with van der Waals surface area (Å²) in [5, 5.41) is 5.05. The molecule has 5 heteroatoms. The average Bonchev–Trinajstić information content (AvgIpc) is 2.97. The Morgan fingerprint density at radius 2 is 2.24 bits per heavy atom. The zero-order chi connectivity index (χ0) is 11.8. The van der Waals surface area contributed by atoms with Crippen molar-refractivity contribution in [3.63, 3.8) is 0 Å². The molecule has 3 nitrogen and oxygen atoms in total. The molecule has 0 aromatic carbocycles. The van der Waals surface area contributed by atoms with Crippen LogP contribution in [-0.4, -0.2) is 9.97 Å². The molecule has 1 unspecified atom stereocenters. The lowest BCUT2D eigenvalue weighted by Crippen LogP contribution is -2.04. The summed E-state index contributed by atoms with van der Waals surface area (Å²) in [7, 11) is 0. The minimum absolute atomic E-state index is 0.0153. The SMILES string of the molecule is CC(N)c1csc(-c2cnc3ccsc3c2)n1. The van der Waals surface area contributed by atoms with Crippen molar-refractivity contribution in [2.75, 3.05) is 0 Å². The Morgan fingerprint density at radius 3 is 3.00 bits per heavy atom. The number of nitrogens with two attached hydrogens (primary N) is 1. The van der Waals surface area contributed by atoms with Crippen molar-refractivity contribution >= 4 is 32.9 Å². The van der Waals surface area contributed by atoms with E-state index in [0.717, 1.165) is 21.8 Å². The van der Waals surface area contributed by atoms with Gasteiger partial charge in [-0.05, 0) is 24.4 Å². The maximum atomic E-state index is 5.81. The van der Waals surface area contributed by atoms with Gasteiger partial charge in [0.2, 0.25) is 0 Å². The summed E-state index contributed by atoms with van der Waals surface area (Å²) in [5.74, 6) is 0. The molecule has 3 rings (SSSR count). The lowest BCUT2D eigenvalue weighted by Gasteiger charge is -1.98. The van der Waals surface area contributed by atoms with Gasteiger partial charge in [-0.15, -0.1) is 22.7 Å². The van der Waals surface area contributed by atoms with E-state index in [9.17, 15) is 0 Å². The molecule has 2 N–H and O–H groups in total. The van der Waals surface area contributed by atoms with Crippen molar-refractivity contribution in [3.05, 3.63) is 34.8 Å². The molecule has 3 aromatic rings. The van der Waals surface area contributed by atoms with Gasteiger partial charge in [0.15, 0.2) is 0 Å². The summed E-state index contributed by atoms with van der Waals surface area (Å²) in [4.78, 5) is 8.95. The summed E-state index contributed by atoms with van der Waals surface area (Å²) in [6, 6.07) is 4.15. The average molecular weight is 261 g/mol. The summed E-state index contributed by atoms with van der Waals surface area (Å²) in [6.45, 7) is 1.94. The number of fused-ring (bicyclic) bond motifs is 1. The van der Waals surface area contributed by atoms with E-state index >= 15 is 0 Å². The second-order valence-corrected chi connectivity index (χ2v) is 5.70. The lowest BCUT2D eigenvalue weighted by atomic mass is 10.2. The first-order valence-corrected chi connectivity index (χ1v) is 7.04. The number of nitrogens with zero attached hydrogens (tertiary/aromatic N) is 2. The molecule has 0 fully saturated rings. The monoisotopic (exact) mass is 261 g/mol. The van der Waals surface area contributed by atoms with E-state index < -0.39 is 0 Å². The molecule has 0 aliphatic heterocycles. The molecule has 0 radical (unpaired) electrons. The van der Waals surface area contributed by atoms with Crippen molar-refractivity contribution in [1.82, 2.24) is 9.97 Å². The first-order valence-electron chi connectivity index (χ1n) is 5.28. The molecular formula is C12H11N3S2. The molecule has 3 aromatic heterocycles. The van der Waals surface area contributed by atoms with E-state index in [2.05, 4.69) is 21.4 Å². The zero-order valence-corrected chi connectivity index (χ0v) is 10.9. The second-order valence-electron chi connectivity index (χ2n) is 3.89. The van der Waals surface area contributed by atoms with E-state index in [-0.39, 0.29) is 6.04 Å². The normalized spacial score (nSPS) is 13.1. The Kier molecular flexibility index (Phi) is 2.66. The van der Waals surface area contributed by atoms with Crippen LogP contribution in [-0.2, 0) is 0 Å². The van der Waals surface area contributed by atoms with Gasteiger partial charge in [-0.3, -0.25) is 4.98 Å². The minimum Gasteiger partial charge on any atom is -0.323 e. The fourth-order valence-electron chi connectivity index (χ4n) is 1.59. The summed E-state index contributed by atoms with van der Waals surface area (Å²) >= 11 is 3.31. The number of pyridine rings is 1. The third kappa shape index (κ3) is 1.97. The van der Waals surface area contributed by atoms with Crippen molar-refractivity contribution in [1.29, 1.82) is 0 Å². The van der Waals surface area contributed by atoms with Crippen LogP contribution in [0.3, 0.4) is 0 Å².